The monoisotopic (exact) mass is 1140 g/mol. The van der Waals surface area contributed by atoms with E-state index in [1.807, 2.05) is 0 Å². The van der Waals surface area contributed by atoms with Crippen LogP contribution in [0.5, 0.6) is 0 Å². The van der Waals surface area contributed by atoms with Gasteiger partial charge in [-0.1, -0.05) is 323 Å². The summed E-state index contributed by atoms with van der Waals surface area (Å²) in [5, 5.41) is 0. The van der Waals surface area contributed by atoms with Gasteiger partial charge in [-0.2, -0.15) is 0 Å². The molecule has 6 nitrogen and oxygen atoms in total. The predicted octanol–water partition coefficient (Wildman–Crippen LogP) is 24.2. The van der Waals surface area contributed by atoms with Crippen LogP contribution in [0.3, 0.4) is 0 Å². The van der Waals surface area contributed by atoms with Crippen LogP contribution >= 0.6 is 0 Å². The Balaban J connectivity index is 4.27. The summed E-state index contributed by atoms with van der Waals surface area (Å²) in [5.74, 6) is -0.893. The van der Waals surface area contributed by atoms with Gasteiger partial charge >= 0.3 is 17.9 Å². The number of esters is 3. The molecule has 0 saturated carbocycles. The maximum Gasteiger partial charge on any atom is 0.306 e. The minimum atomic E-state index is -0.791. The van der Waals surface area contributed by atoms with Crippen LogP contribution in [0, 0.1) is 0 Å². The minimum absolute atomic E-state index is 0.0843. The van der Waals surface area contributed by atoms with E-state index in [1.165, 1.54) is 167 Å². The number of hydrogen-bond donors (Lipinski definition) is 0. The molecule has 1 atom stereocenters. The van der Waals surface area contributed by atoms with Crippen molar-refractivity contribution in [3.05, 3.63) is 109 Å². The summed E-state index contributed by atoms with van der Waals surface area (Å²) in [7, 11) is 0. The van der Waals surface area contributed by atoms with Gasteiger partial charge in [-0.3, -0.25) is 14.4 Å². The summed E-state index contributed by atoms with van der Waals surface area (Å²) >= 11 is 0. The van der Waals surface area contributed by atoms with Gasteiger partial charge in [0.05, 0.1) is 0 Å². The van der Waals surface area contributed by atoms with Crippen LogP contribution in [0.1, 0.15) is 335 Å². The zero-order valence-electron chi connectivity index (χ0n) is 54.0. The summed E-state index contributed by atoms with van der Waals surface area (Å²) in [6.45, 7) is 6.43. The van der Waals surface area contributed by atoms with Crippen LogP contribution in [0.4, 0.5) is 0 Å². The van der Waals surface area contributed by atoms with Gasteiger partial charge in [0, 0.05) is 19.3 Å². The van der Waals surface area contributed by atoms with Crippen LogP contribution in [0.15, 0.2) is 109 Å². The third-order valence-electron chi connectivity index (χ3n) is 15.0. The SMILES string of the molecule is CC/C=C\C/C=C\C/C=C\C/C=C\C/C=C\CCCCCCCCCCCCCCCCCC(=O)OCC(COC(=O)CCCCCCCCCCCCCCCCCC)OC(=O)CCCCCC/C=C\C/C=C\C/C=C\C/C=C\CC. The van der Waals surface area contributed by atoms with Gasteiger partial charge in [0.15, 0.2) is 6.10 Å². The van der Waals surface area contributed by atoms with Crippen molar-refractivity contribution >= 4 is 17.9 Å². The van der Waals surface area contributed by atoms with E-state index in [0.717, 1.165) is 128 Å². The first kappa shape index (κ1) is 78.1. The minimum Gasteiger partial charge on any atom is -0.462 e. The standard InChI is InChI=1S/C76H130O6/c1-4-7-10-13-16-19-22-25-28-31-32-33-34-35-36-37-38-39-40-41-42-43-44-46-48-51-54-57-60-63-66-69-75(78)81-72-73(71-80-74(77)68-65-62-59-56-53-50-47-30-27-24-21-18-15-12-9-6-3)82-76(79)70-67-64-61-58-55-52-49-45-29-26-23-20-17-14-11-8-5-2/h7-8,10-11,16-17,19-20,25-26,28-29,32-33,35-36,49,52,73H,4-6,9,12-15,18,21-24,27,30-31,34,37-48,50-51,53-72H2,1-3H3/b10-7-,11-8-,19-16-,20-17-,28-25-,29-26-,33-32-,36-35-,52-49-. The molecule has 0 spiro atoms. The van der Waals surface area contributed by atoms with E-state index in [9.17, 15) is 14.4 Å². The summed E-state index contributed by atoms with van der Waals surface area (Å²) < 4.78 is 17.0. The highest BCUT2D eigenvalue weighted by atomic mass is 16.6. The largest absolute Gasteiger partial charge is 0.462 e. The van der Waals surface area contributed by atoms with Gasteiger partial charge in [-0.25, -0.2) is 0 Å². The second-order valence-corrected chi connectivity index (χ2v) is 23.0. The summed E-state index contributed by atoms with van der Waals surface area (Å²) in [6.07, 6.45) is 95.4. The van der Waals surface area contributed by atoms with Crippen molar-refractivity contribution in [2.45, 2.75) is 341 Å². The van der Waals surface area contributed by atoms with E-state index >= 15 is 0 Å². The molecule has 0 aromatic rings. The van der Waals surface area contributed by atoms with E-state index < -0.39 is 6.10 Å². The van der Waals surface area contributed by atoms with E-state index in [0.29, 0.717) is 19.3 Å². The molecule has 470 valence electrons. The molecule has 0 N–H and O–H groups in total. The van der Waals surface area contributed by atoms with Crippen molar-refractivity contribution < 1.29 is 28.6 Å². The molecule has 0 aromatic heterocycles. The van der Waals surface area contributed by atoms with E-state index in [4.69, 9.17) is 14.2 Å². The number of hydrogen-bond acceptors (Lipinski definition) is 6. The summed E-state index contributed by atoms with van der Waals surface area (Å²) in [4.78, 5) is 38.4. The zero-order chi connectivity index (χ0) is 59.2. The molecule has 0 aliphatic rings. The molecule has 0 radical (unpaired) electrons. The molecule has 0 aliphatic heterocycles. The molecule has 0 fully saturated rings. The molecule has 0 amide bonds. The Labute approximate surface area is 508 Å². The highest BCUT2D eigenvalue weighted by molar-refractivity contribution is 5.71. The Morgan fingerprint density at radius 1 is 0.256 bits per heavy atom. The van der Waals surface area contributed by atoms with Crippen molar-refractivity contribution in [2.24, 2.45) is 0 Å². The first-order valence-corrected chi connectivity index (χ1v) is 34.9. The normalized spacial score (nSPS) is 12.8. The van der Waals surface area contributed by atoms with Gasteiger partial charge in [0.25, 0.3) is 0 Å². The maximum atomic E-state index is 12.9. The van der Waals surface area contributed by atoms with E-state index in [2.05, 4.69) is 130 Å². The van der Waals surface area contributed by atoms with Crippen molar-refractivity contribution in [1.82, 2.24) is 0 Å². The summed E-state index contributed by atoms with van der Waals surface area (Å²) in [5.41, 5.74) is 0. The molecule has 0 aromatic carbocycles. The third-order valence-corrected chi connectivity index (χ3v) is 15.0. The van der Waals surface area contributed by atoms with E-state index in [-0.39, 0.29) is 31.1 Å². The molecule has 0 saturated heterocycles. The number of rotatable bonds is 63. The van der Waals surface area contributed by atoms with Crippen molar-refractivity contribution in [2.75, 3.05) is 13.2 Å². The third kappa shape index (κ3) is 66.9. The molecular weight excluding hydrogens is 1010 g/mol. The van der Waals surface area contributed by atoms with Crippen LogP contribution in [0.25, 0.3) is 0 Å². The lowest BCUT2D eigenvalue weighted by Gasteiger charge is -2.18. The highest BCUT2D eigenvalue weighted by Gasteiger charge is 2.19. The second kappa shape index (κ2) is 69.6. The summed E-state index contributed by atoms with van der Waals surface area (Å²) in [6, 6.07) is 0. The lowest BCUT2D eigenvalue weighted by molar-refractivity contribution is -0.167. The number of carbonyl (C=O) groups is 3. The van der Waals surface area contributed by atoms with Crippen LogP contribution in [-0.4, -0.2) is 37.2 Å². The van der Waals surface area contributed by atoms with Crippen LogP contribution < -0.4 is 0 Å². The molecule has 0 aliphatic carbocycles. The quantitative estimate of drug-likeness (QED) is 0.0261. The maximum absolute atomic E-state index is 12.9. The zero-order valence-corrected chi connectivity index (χ0v) is 54.0. The first-order valence-electron chi connectivity index (χ1n) is 34.9. The highest BCUT2D eigenvalue weighted by Crippen LogP contribution is 2.17. The fraction of sp³-hybridized carbons (Fsp3) is 0.724. The fourth-order valence-corrected chi connectivity index (χ4v) is 9.88. The molecule has 82 heavy (non-hydrogen) atoms. The average molecular weight is 1140 g/mol. The van der Waals surface area contributed by atoms with Crippen molar-refractivity contribution in [3.63, 3.8) is 0 Å². The Bertz CT molecular complexity index is 1640. The molecule has 1 unspecified atom stereocenters. The fourth-order valence-electron chi connectivity index (χ4n) is 9.88. The molecule has 0 bridgehead atoms. The Morgan fingerprint density at radius 2 is 0.476 bits per heavy atom. The van der Waals surface area contributed by atoms with Gasteiger partial charge in [-0.15, -0.1) is 0 Å². The van der Waals surface area contributed by atoms with Crippen molar-refractivity contribution in [1.29, 1.82) is 0 Å². The average Bonchev–Trinajstić information content (AvgIpc) is 3.48. The number of unbranched alkanes of at least 4 members (excludes halogenated alkanes) is 34. The molecular formula is C76H130O6. The van der Waals surface area contributed by atoms with Gasteiger partial charge in [0.1, 0.15) is 13.2 Å². The number of allylic oxidation sites excluding steroid dienone is 18. The Kier molecular flexibility index (Phi) is 66.2. The Hall–Kier alpha value is -3.93. The molecule has 0 heterocycles. The Morgan fingerprint density at radius 3 is 0.744 bits per heavy atom. The van der Waals surface area contributed by atoms with Gasteiger partial charge in [0.2, 0.25) is 0 Å². The van der Waals surface area contributed by atoms with Gasteiger partial charge < -0.3 is 14.2 Å². The number of carbonyl (C=O) groups excluding carboxylic acids is 3. The predicted molar refractivity (Wildman–Crippen MR) is 357 cm³/mol. The molecule has 6 heteroatoms. The first-order chi connectivity index (χ1) is 40.5. The van der Waals surface area contributed by atoms with Gasteiger partial charge in [-0.05, 0) is 103 Å². The lowest BCUT2D eigenvalue weighted by Crippen LogP contribution is -2.30. The topological polar surface area (TPSA) is 78.9 Å². The second-order valence-electron chi connectivity index (χ2n) is 23.0. The smallest absolute Gasteiger partial charge is 0.306 e. The number of ether oxygens (including phenoxy) is 3. The lowest BCUT2D eigenvalue weighted by atomic mass is 10.0. The van der Waals surface area contributed by atoms with Crippen LogP contribution in [0.2, 0.25) is 0 Å². The van der Waals surface area contributed by atoms with E-state index in [1.54, 1.807) is 0 Å². The van der Waals surface area contributed by atoms with Crippen molar-refractivity contribution in [3.8, 4) is 0 Å². The van der Waals surface area contributed by atoms with Crippen LogP contribution in [-0.2, 0) is 28.6 Å². The molecule has 0 rings (SSSR count).